The topological polar surface area (TPSA) is 0 Å². The van der Waals surface area contributed by atoms with E-state index in [1.54, 1.807) is 5.30 Å². The zero-order chi connectivity index (χ0) is 11.7. The summed E-state index contributed by atoms with van der Waals surface area (Å²) in [5.74, 6) is 0. The van der Waals surface area contributed by atoms with Crippen LogP contribution in [0.5, 0.6) is 0 Å². The number of benzene rings is 1. The van der Waals surface area contributed by atoms with Gasteiger partial charge in [-0.1, -0.05) is 18.2 Å². The molecule has 0 nitrogen and oxygen atoms in total. The van der Waals surface area contributed by atoms with Crippen LogP contribution in [-0.2, 0) is 0 Å². The average Bonchev–Trinajstić information content (AvgIpc) is 2.00. The molecule has 1 rings (SSSR count). The Morgan fingerprint density at radius 2 is 1.13 bits per heavy atom. The summed E-state index contributed by atoms with van der Waals surface area (Å²) in [6.45, 7) is 14.2. The van der Waals surface area contributed by atoms with Gasteiger partial charge in [0.1, 0.15) is 0 Å². The first-order valence-corrected chi connectivity index (χ1v) is 7.16. The lowest BCUT2D eigenvalue weighted by molar-refractivity contribution is 0.715. The summed E-state index contributed by atoms with van der Waals surface area (Å²) >= 11 is 0. The smallest absolute Gasteiger partial charge is 0.0620 e. The molecule has 0 aromatic heterocycles. The minimum absolute atomic E-state index is 0.407. The highest BCUT2D eigenvalue weighted by Crippen LogP contribution is 2.57. The zero-order valence-corrected chi connectivity index (χ0v) is 11.9. The molecule has 0 atom stereocenters. The minimum atomic E-state index is -0.553. The molecule has 0 radical (unpaired) electrons. The maximum absolute atomic E-state index is 2.37. The van der Waals surface area contributed by atoms with Crippen LogP contribution in [0.3, 0.4) is 0 Å². The third-order valence-electron chi connectivity index (χ3n) is 2.56. The van der Waals surface area contributed by atoms with Crippen LogP contribution >= 0.6 is 7.92 Å². The quantitative estimate of drug-likeness (QED) is 0.628. The van der Waals surface area contributed by atoms with Crippen molar-refractivity contribution in [1.29, 1.82) is 0 Å². The monoisotopic (exact) mass is 223 g/mol. The largest absolute Gasteiger partial charge is 0.0925 e. The molecule has 0 fully saturated rings. The van der Waals surface area contributed by atoms with Gasteiger partial charge < -0.3 is 0 Å². The van der Waals surface area contributed by atoms with Gasteiger partial charge in [0.15, 0.2) is 0 Å². The Balaban J connectivity index is 3.15. The Hall–Kier alpha value is -0.350. The van der Waals surface area contributed by atoms with Crippen molar-refractivity contribution >= 4 is 13.2 Å². The third-order valence-corrected chi connectivity index (χ3v) is 6.47. The lowest BCUT2D eigenvalue weighted by Crippen LogP contribution is -2.30. The predicted octanol–water partition coefficient (Wildman–Crippen LogP) is 4.12. The molecule has 0 aliphatic carbocycles. The van der Waals surface area contributed by atoms with E-state index in [-0.39, 0.29) is 0 Å². The molecular weight excluding hydrogens is 199 g/mol. The van der Waals surface area contributed by atoms with Crippen molar-refractivity contribution in [2.75, 3.05) is 0 Å². The molecule has 0 aliphatic rings. The Morgan fingerprint density at radius 3 is 1.47 bits per heavy atom. The van der Waals surface area contributed by atoms with E-state index in [1.807, 2.05) is 0 Å². The molecule has 1 heteroatoms. The lowest BCUT2D eigenvalue weighted by Gasteiger charge is -2.33. The van der Waals surface area contributed by atoms with Crippen molar-refractivity contribution < 1.29 is 0 Å². The fourth-order valence-corrected chi connectivity index (χ4v) is 7.10. The van der Waals surface area contributed by atoms with Gasteiger partial charge in [-0.05, 0) is 53.7 Å². The molecule has 1 aromatic rings. The SMILES string of the molecule is CC(C)(C)[PH+](c1ccccc1)C(C)(C)C. The van der Waals surface area contributed by atoms with Crippen LogP contribution in [0.25, 0.3) is 0 Å². The highest BCUT2D eigenvalue weighted by atomic mass is 31.1. The van der Waals surface area contributed by atoms with Gasteiger partial charge in [-0.15, -0.1) is 0 Å². The van der Waals surface area contributed by atoms with Crippen molar-refractivity contribution in [2.24, 2.45) is 0 Å². The van der Waals surface area contributed by atoms with Crippen LogP contribution in [0, 0.1) is 0 Å². The molecule has 0 N–H and O–H groups in total. The zero-order valence-electron chi connectivity index (χ0n) is 10.9. The van der Waals surface area contributed by atoms with E-state index in [2.05, 4.69) is 71.9 Å². The summed E-state index contributed by atoms with van der Waals surface area (Å²) in [6, 6.07) is 11.0. The summed E-state index contributed by atoms with van der Waals surface area (Å²) in [4.78, 5) is 0. The molecular formula is C14H24P+. The van der Waals surface area contributed by atoms with E-state index in [0.29, 0.717) is 10.3 Å². The van der Waals surface area contributed by atoms with Gasteiger partial charge in [-0.25, -0.2) is 0 Å². The van der Waals surface area contributed by atoms with Crippen molar-refractivity contribution in [3.8, 4) is 0 Å². The summed E-state index contributed by atoms with van der Waals surface area (Å²) in [7, 11) is -0.553. The normalized spacial score (nSPS) is 13.3. The van der Waals surface area contributed by atoms with Crippen LogP contribution < -0.4 is 5.30 Å². The van der Waals surface area contributed by atoms with Crippen molar-refractivity contribution in [3.63, 3.8) is 0 Å². The highest BCUT2D eigenvalue weighted by Gasteiger charge is 2.43. The molecule has 0 spiro atoms. The van der Waals surface area contributed by atoms with Crippen molar-refractivity contribution in [2.45, 2.75) is 51.9 Å². The first-order valence-electron chi connectivity index (χ1n) is 5.66. The first kappa shape index (κ1) is 12.7. The standard InChI is InChI=1S/C14H23P/c1-13(2,3)15(14(4,5)6)12-10-8-7-9-11-12/h7-11H,1-6H3/p+1. The van der Waals surface area contributed by atoms with E-state index in [9.17, 15) is 0 Å². The van der Waals surface area contributed by atoms with Gasteiger partial charge in [0.05, 0.1) is 15.6 Å². The van der Waals surface area contributed by atoms with Gasteiger partial charge in [-0.2, -0.15) is 0 Å². The molecule has 0 heterocycles. The number of hydrogen-bond donors (Lipinski definition) is 0. The van der Waals surface area contributed by atoms with E-state index in [1.165, 1.54) is 0 Å². The van der Waals surface area contributed by atoms with Gasteiger partial charge in [0.2, 0.25) is 0 Å². The van der Waals surface area contributed by atoms with Gasteiger partial charge in [0, 0.05) is 7.92 Å². The van der Waals surface area contributed by atoms with Gasteiger partial charge in [0.25, 0.3) is 0 Å². The molecule has 0 bridgehead atoms. The molecule has 0 saturated heterocycles. The fourth-order valence-electron chi connectivity index (χ4n) is 2.60. The Bertz CT molecular complexity index is 286. The summed E-state index contributed by atoms with van der Waals surface area (Å²) in [5.41, 5.74) is 0. The van der Waals surface area contributed by atoms with Crippen LogP contribution in [0.2, 0.25) is 0 Å². The van der Waals surface area contributed by atoms with Crippen molar-refractivity contribution in [3.05, 3.63) is 30.3 Å². The Kier molecular flexibility index (Phi) is 3.61. The van der Waals surface area contributed by atoms with Crippen LogP contribution in [-0.4, -0.2) is 10.3 Å². The molecule has 0 amide bonds. The Labute approximate surface area is 95.9 Å². The average molecular weight is 223 g/mol. The number of rotatable bonds is 1. The van der Waals surface area contributed by atoms with E-state index >= 15 is 0 Å². The molecule has 0 saturated carbocycles. The third kappa shape index (κ3) is 3.31. The van der Waals surface area contributed by atoms with Crippen LogP contribution in [0.1, 0.15) is 41.5 Å². The Morgan fingerprint density at radius 1 is 0.733 bits per heavy atom. The summed E-state index contributed by atoms with van der Waals surface area (Å²) in [5, 5.41) is 2.37. The van der Waals surface area contributed by atoms with E-state index in [0.717, 1.165) is 0 Å². The summed E-state index contributed by atoms with van der Waals surface area (Å²) in [6.07, 6.45) is 0. The summed E-state index contributed by atoms with van der Waals surface area (Å²) < 4.78 is 0. The van der Waals surface area contributed by atoms with Crippen LogP contribution in [0.15, 0.2) is 30.3 Å². The van der Waals surface area contributed by atoms with Crippen LogP contribution in [0.4, 0.5) is 0 Å². The second kappa shape index (κ2) is 4.26. The van der Waals surface area contributed by atoms with Crippen molar-refractivity contribution in [1.82, 2.24) is 0 Å². The van der Waals surface area contributed by atoms with Gasteiger partial charge in [-0.3, -0.25) is 0 Å². The van der Waals surface area contributed by atoms with E-state index in [4.69, 9.17) is 0 Å². The molecule has 0 aliphatic heterocycles. The lowest BCUT2D eigenvalue weighted by atomic mass is 10.2. The minimum Gasteiger partial charge on any atom is -0.0620 e. The van der Waals surface area contributed by atoms with E-state index < -0.39 is 7.92 Å². The van der Waals surface area contributed by atoms with Gasteiger partial charge >= 0.3 is 0 Å². The first-order chi connectivity index (χ1) is 6.73. The second-order valence-corrected chi connectivity index (χ2v) is 10.6. The molecule has 84 valence electrons. The molecule has 1 aromatic carbocycles. The maximum Gasteiger partial charge on any atom is 0.0925 e. The molecule has 15 heavy (non-hydrogen) atoms. The predicted molar refractivity (Wildman–Crippen MR) is 73.9 cm³/mol. The molecule has 0 unspecified atom stereocenters. The highest BCUT2D eigenvalue weighted by molar-refractivity contribution is 7.68. The second-order valence-electron chi connectivity index (χ2n) is 6.24. The fraction of sp³-hybridized carbons (Fsp3) is 0.571. The maximum atomic E-state index is 2.37. The number of hydrogen-bond acceptors (Lipinski definition) is 0.